The van der Waals surface area contributed by atoms with Gasteiger partial charge in [0.05, 0.1) is 17.1 Å². The first-order chi connectivity index (χ1) is 12.8. The summed E-state index contributed by atoms with van der Waals surface area (Å²) in [6.45, 7) is 5.56. The fraction of sp³-hybridized carbons (Fsp3) is 0.579. The molecule has 27 heavy (non-hydrogen) atoms. The lowest BCUT2D eigenvalue weighted by atomic mass is 9.86. The van der Waals surface area contributed by atoms with Gasteiger partial charge in [0.25, 0.3) is 5.91 Å². The molecule has 0 bridgehead atoms. The average Bonchev–Trinajstić information content (AvgIpc) is 2.63. The lowest BCUT2D eigenvalue weighted by molar-refractivity contribution is -0.385. The maximum absolute atomic E-state index is 12.3. The highest BCUT2D eigenvalue weighted by Crippen LogP contribution is 2.28. The Morgan fingerprint density at radius 3 is 2.67 bits per heavy atom. The maximum Gasteiger partial charge on any atom is 0.339 e. The zero-order valence-corrected chi connectivity index (χ0v) is 15.9. The molecule has 0 heterocycles. The number of nitrogens with zero attached hydrogens (tertiary/aromatic N) is 1. The summed E-state index contributed by atoms with van der Waals surface area (Å²) < 4.78 is 10.4. The highest BCUT2D eigenvalue weighted by molar-refractivity contribution is 5.93. The van der Waals surface area contributed by atoms with E-state index in [-0.39, 0.29) is 35.6 Å². The SMILES string of the molecule is CCOc1ccc(C(=O)O[C@H](C)C(=O)N[C@H]2CCCC[C@@H]2C)cc1[N+](=O)[O-]. The number of nitro benzene ring substituents is 1. The van der Waals surface area contributed by atoms with Crippen LogP contribution < -0.4 is 10.1 Å². The van der Waals surface area contributed by atoms with E-state index in [1.54, 1.807) is 6.92 Å². The first-order valence-corrected chi connectivity index (χ1v) is 9.26. The third-order valence-corrected chi connectivity index (χ3v) is 4.78. The van der Waals surface area contributed by atoms with Gasteiger partial charge in [-0.1, -0.05) is 19.8 Å². The fourth-order valence-corrected chi connectivity index (χ4v) is 3.18. The van der Waals surface area contributed by atoms with Gasteiger partial charge in [-0.25, -0.2) is 4.79 Å². The molecule has 1 fully saturated rings. The van der Waals surface area contributed by atoms with E-state index in [2.05, 4.69) is 12.2 Å². The number of esters is 1. The standard InChI is InChI=1S/C19H26N2O6/c1-4-26-17-10-9-14(11-16(17)21(24)25)19(23)27-13(3)18(22)20-15-8-6-5-7-12(15)2/h9-13,15H,4-8H2,1-3H3,(H,20,22)/t12-,13+,15-/m0/s1. The molecular formula is C19H26N2O6. The molecule has 8 heteroatoms. The molecule has 148 valence electrons. The third-order valence-electron chi connectivity index (χ3n) is 4.78. The Balaban J connectivity index is 2.01. The first kappa shape index (κ1) is 20.7. The van der Waals surface area contributed by atoms with Crippen LogP contribution in [-0.4, -0.2) is 35.6 Å². The first-order valence-electron chi connectivity index (χ1n) is 9.26. The van der Waals surface area contributed by atoms with Crippen molar-refractivity contribution in [3.05, 3.63) is 33.9 Å². The number of benzene rings is 1. The van der Waals surface area contributed by atoms with Crippen molar-refractivity contribution in [1.82, 2.24) is 5.32 Å². The van der Waals surface area contributed by atoms with Crippen molar-refractivity contribution in [2.45, 2.75) is 58.6 Å². The molecule has 0 aromatic heterocycles. The highest BCUT2D eigenvalue weighted by Gasteiger charge is 2.27. The highest BCUT2D eigenvalue weighted by atomic mass is 16.6. The van der Waals surface area contributed by atoms with Gasteiger partial charge in [-0.05, 0) is 44.7 Å². The van der Waals surface area contributed by atoms with Crippen molar-refractivity contribution in [1.29, 1.82) is 0 Å². The molecule has 0 spiro atoms. The monoisotopic (exact) mass is 378 g/mol. The Bertz CT molecular complexity index is 705. The van der Waals surface area contributed by atoms with Gasteiger partial charge in [-0.3, -0.25) is 14.9 Å². The molecule has 8 nitrogen and oxygen atoms in total. The molecule has 1 aliphatic carbocycles. The Kier molecular flexibility index (Phi) is 7.15. The maximum atomic E-state index is 12.3. The van der Waals surface area contributed by atoms with Crippen molar-refractivity contribution in [3.63, 3.8) is 0 Å². The lowest BCUT2D eigenvalue weighted by Crippen LogP contribution is -2.45. The molecule has 1 saturated carbocycles. The Morgan fingerprint density at radius 1 is 1.33 bits per heavy atom. The van der Waals surface area contributed by atoms with Crippen LogP contribution in [0.25, 0.3) is 0 Å². The number of nitrogens with one attached hydrogen (secondary N) is 1. The number of nitro groups is 1. The molecular weight excluding hydrogens is 352 g/mol. The van der Waals surface area contributed by atoms with Crippen molar-refractivity contribution in [2.24, 2.45) is 5.92 Å². The number of hydrogen-bond acceptors (Lipinski definition) is 6. The van der Waals surface area contributed by atoms with E-state index in [0.29, 0.717) is 5.92 Å². The molecule has 1 N–H and O–H groups in total. The Hall–Kier alpha value is -2.64. The predicted octanol–water partition coefficient (Wildman–Crippen LogP) is 3.23. The van der Waals surface area contributed by atoms with Crippen LogP contribution in [-0.2, 0) is 9.53 Å². The largest absolute Gasteiger partial charge is 0.487 e. The predicted molar refractivity (Wildman–Crippen MR) is 98.7 cm³/mol. The van der Waals surface area contributed by atoms with E-state index in [1.165, 1.54) is 19.1 Å². The molecule has 0 saturated heterocycles. The second kappa shape index (κ2) is 9.34. The van der Waals surface area contributed by atoms with E-state index in [0.717, 1.165) is 31.7 Å². The van der Waals surface area contributed by atoms with Gasteiger partial charge in [0.2, 0.25) is 0 Å². The van der Waals surface area contributed by atoms with Crippen molar-refractivity contribution < 1.29 is 24.0 Å². The van der Waals surface area contributed by atoms with E-state index in [1.807, 2.05) is 0 Å². The normalized spacial score (nSPS) is 20.4. The van der Waals surface area contributed by atoms with Gasteiger partial charge in [0.15, 0.2) is 11.9 Å². The van der Waals surface area contributed by atoms with Crippen LogP contribution in [0.15, 0.2) is 18.2 Å². The second-order valence-corrected chi connectivity index (χ2v) is 6.80. The molecule has 3 atom stereocenters. The summed E-state index contributed by atoms with van der Waals surface area (Å²) >= 11 is 0. The smallest absolute Gasteiger partial charge is 0.339 e. The summed E-state index contributed by atoms with van der Waals surface area (Å²) in [6.07, 6.45) is 3.22. The van der Waals surface area contributed by atoms with Crippen molar-refractivity contribution >= 4 is 17.6 Å². The Morgan fingerprint density at radius 2 is 2.04 bits per heavy atom. The Labute approximate surface area is 158 Å². The molecule has 1 aromatic rings. The minimum Gasteiger partial charge on any atom is -0.487 e. The van der Waals surface area contributed by atoms with E-state index in [9.17, 15) is 19.7 Å². The summed E-state index contributed by atoms with van der Waals surface area (Å²) in [5.74, 6) is -0.682. The molecule has 0 aliphatic heterocycles. The number of carbonyl (C=O) groups is 2. The molecule has 2 rings (SSSR count). The topological polar surface area (TPSA) is 108 Å². The van der Waals surface area contributed by atoms with E-state index < -0.39 is 17.0 Å². The number of rotatable bonds is 7. The summed E-state index contributed by atoms with van der Waals surface area (Å²) in [4.78, 5) is 35.2. The van der Waals surface area contributed by atoms with E-state index in [4.69, 9.17) is 9.47 Å². The van der Waals surface area contributed by atoms with Gasteiger partial charge < -0.3 is 14.8 Å². The average molecular weight is 378 g/mol. The summed E-state index contributed by atoms with van der Waals surface area (Å²) in [5, 5.41) is 14.1. The van der Waals surface area contributed by atoms with Crippen LogP contribution in [0.3, 0.4) is 0 Å². The number of hydrogen-bond donors (Lipinski definition) is 1. The van der Waals surface area contributed by atoms with Crippen LogP contribution in [0.5, 0.6) is 5.75 Å². The van der Waals surface area contributed by atoms with Crippen LogP contribution >= 0.6 is 0 Å². The zero-order valence-electron chi connectivity index (χ0n) is 15.9. The van der Waals surface area contributed by atoms with Gasteiger partial charge in [-0.2, -0.15) is 0 Å². The summed E-state index contributed by atoms with van der Waals surface area (Å²) in [7, 11) is 0. The van der Waals surface area contributed by atoms with Crippen LogP contribution in [0.4, 0.5) is 5.69 Å². The van der Waals surface area contributed by atoms with Crippen LogP contribution in [0, 0.1) is 16.0 Å². The van der Waals surface area contributed by atoms with Gasteiger partial charge in [0, 0.05) is 12.1 Å². The number of carbonyl (C=O) groups excluding carboxylic acids is 2. The fourth-order valence-electron chi connectivity index (χ4n) is 3.18. The number of ether oxygens (including phenoxy) is 2. The quantitative estimate of drug-likeness (QED) is 0.443. The molecule has 1 amide bonds. The van der Waals surface area contributed by atoms with Gasteiger partial charge >= 0.3 is 11.7 Å². The molecule has 1 aliphatic rings. The number of amides is 1. The summed E-state index contributed by atoms with van der Waals surface area (Å²) in [5.41, 5.74) is -0.324. The molecule has 0 radical (unpaired) electrons. The lowest BCUT2D eigenvalue weighted by Gasteiger charge is -2.30. The van der Waals surface area contributed by atoms with Gasteiger partial charge in [-0.15, -0.1) is 0 Å². The minimum atomic E-state index is -0.989. The van der Waals surface area contributed by atoms with Gasteiger partial charge in [0.1, 0.15) is 0 Å². The van der Waals surface area contributed by atoms with Crippen LogP contribution in [0.1, 0.15) is 56.8 Å². The third kappa shape index (κ3) is 5.42. The van der Waals surface area contributed by atoms with Crippen LogP contribution in [0.2, 0.25) is 0 Å². The second-order valence-electron chi connectivity index (χ2n) is 6.80. The minimum absolute atomic E-state index is 0.00385. The zero-order chi connectivity index (χ0) is 20.0. The molecule has 0 unspecified atom stereocenters. The molecule has 1 aromatic carbocycles. The summed E-state index contributed by atoms with van der Waals surface area (Å²) in [6, 6.07) is 3.92. The van der Waals surface area contributed by atoms with Crippen molar-refractivity contribution in [3.8, 4) is 5.75 Å². The van der Waals surface area contributed by atoms with E-state index >= 15 is 0 Å². The van der Waals surface area contributed by atoms with Crippen molar-refractivity contribution in [2.75, 3.05) is 6.61 Å².